The molecule has 0 aliphatic carbocycles. The van der Waals surface area contributed by atoms with Gasteiger partial charge < -0.3 is 10.3 Å². The third-order valence-electron chi connectivity index (χ3n) is 5.29. The molecule has 1 amide bonds. The number of pyridine rings is 2. The number of aromatic amines is 2. The van der Waals surface area contributed by atoms with Gasteiger partial charge in [-0.05, 0) is 41.3 Å². The molecule has 7 nitrogen and oxygen atoms in total. The molecular weight excluding hydrogens is 400 g/mol. The van der Waals surface area contributed by atoms with Gasteiger partial charge >= 0.3 is 0 Å². The summed E-state index contributed by atoms with van der Waals surface area (Å²) in [6.07, 6.45) is 7.52. The molecule has 5 rings (SSSR count). The largest absolute Gasteiger partial charge is 0.353 e. The lowest BCUT2D eigenvalue weighted by Gasteiger charge is -2.17. The molecule has 4 aromatic heterocycles. The van der Waals surface area contributed by atoms with E-state index < -0.39 is 0 Å². The number of carbonyl (C=O) groups is 1. The van der Waals surface area contributed by atoms with Crippen LogP contribution < -0.4 is 5.32 Å². The highest BCUT2D eigenvalue weighted by Gasteiger charge is 2.16. The van der Waals surface area contributed by atoms with Crippen molar-refractivity contribution in [1.82, 2.24) is 25.1 Å². The van der Waals surface area contributed by atoms with Gasteiger partial charge in [-0.25, -0.2) is 0 Å². The van der Waals surface area contributed by atoms with Gasteiger partial charge in [0.15, 0.2) is 0 Å². The summed E-state index contributed by atoms with van der Waals surface area (Å²) in [7, 11) is 0. The molecule has 3 N–H and O–H groups in total. The smallest absolute Gasteiger partial charge is 0.224 e. The second-order valence-corrected chi connectivity index (χ2v) is 9.23. The first-order valence-corrected chi connectivity index (χ1v) is 10.5. The van der Waals surface area contributed by atoms with Gasteiger partial charge in [0.2, 0.25) is 5.91 Å². The van der Waals surface area contributed by atoms with Gasteiger partial charge in [-0.2, -0.15) is 5.10 Å². The predicted molar refractivity (Wildman–Crippen MR) is 127 cm³/mol. The van der Waals surface area contributed by atoms with Crippen LogP contribution in [0, 0.1) is 5.41 Å². The van der Waals surface area contributed by atoms with Crippen LogP contribution in [-0.4, -0.2) is 31.1 Å². The van der Waals surface area contributed by atoms with Crippen molar-refractivity contribution in [2.45, 2.75) is 27.2 Å². The number of H-pyrrole nitrogens is 2. The molecule has 0 bridgehead atoms. The molecule has 0 aliphatic heterocycles. The van der Waals surface area contributed by atoms with Crippen molar-refractivity contribution >= 4 is 33.4 Å². The number of aromatic nitrogens is 5. The maximum absolute atomic E-state index is 12.3. The number of rotatable bonds is 4. The van der Waals surface area contributed by atoms with E-state index in [9.17, 15) is 4.79 Å². The van der Waals surface area contributed by atoms with Crippen LogP contribution in [0.25, 0.3) is 44.3 Å². The zero-order valence-electron chi connectivity index (χ0n) is 18.2. The molecule has 4 heterocycles. The first-order valence-electron chi connectivity index (χ1n) is 10.5. The predicted octanol–water partition coefficient (Wildman–Crippen LogP) is 5.54. The summed E-state index contributed by atoms with van der Waals surface area (Å²) in [6.45, 7) is 6.13. The van der Waals surface area contributed by atoms with E-state index in [1.807, 2.05) is 51.2 Å². The van der Waals surface area contributed by atoms with Crippen molar-refractivity contribution in [3.63, 3.8) is 0 Å². The minimum absolute atomic E-state index is 0.0164. The summed E-state index contributed by atoms with van der Waals surface area (Å²) in [4.78, 5) is 24.3. The van der Waals surface area contributed by atoms with E-state index >= 15 is 0 Å². The molecule has 0 saturated carbocycles. The first-order chi connectivity index (χ1) is 15.4. The lowest BCUT2D eigenvalue weighted by Crippen LogP contribution is -2.19. The SMILES string of the molecule is CC(C)(C)CC(=O)Nc1cncc(-c2ccc3[nH]nc(-c4cc5cnccc5[nH]4)c3c2)c1. The van der Waals surface area contributed by atoms with E-state index in [0.29, 0.717) is 12.1 Å². The molecule has 0 radical (unpaired) electrons. The van der Waals surface area contributed by atoms with Gasteiger partial charge in [-0.1, -0.05) is 26.8 Å². The average Bonchev–Trinajstić information content (AvgIpc) is 3.35. The summed E-state index contributed by atoms with van der Waals surface area (Å²) in [5.74, 6) is -0.0164. The van der Waals surface area contributed by atoms with Gasteiger partial charge in [0.1, 0.15) is 5.69 Å². The van der Waals surface area contributed by atoms with Crippen LogP contribution in [0.1, 0.15) is 27.2 Å². The Hall–Kier alpha value is -4.00. The average molecular weight is 425 g/mol. The second-order valence-electron chi connectivity index (χ2n) is 9.23. The zero-order valence-corrected chi connectivity index (χ0v) is 18.2. The number of benzene rings is 1. The Morgan fingerprint density at radius 3 is 2.66 bits per heavy atom. The fourth-order valence-corrected chi connectivity index (χ4v) is 3.85. The van der Waals surface area contributed by atoms with Gasteiger partial charge in [0, 0.05) is 46.9 Å². The Morgan fingerprint density at radius 1 is 0.969 bits per heavy atom. The van der Waals surface area contributed by atoms with E-state index in [0.717, 1.165) is 44.3 Å². The minimum atomic E-state index is -0.0729. The molecule has 5 aromatic rings. The lowest BCUT2D eigenvalue weighted by atomic mass is 9.92. The van der Waals surface area contributed by atoms with Crippen LogP contribution in [0.4, 0.5) is 5.69 Å². The van der Waals surface area contributed by atoms with Crippen LogP contribution in [0.2, 0.25) is 0 Å². The Bertz CT molecular complexity index is 1410. The van der Waals surface area contributed by atoms with Gasteiger partial charge in [-0.3, -0.25) is 19.9 Å². The molecule has 0 atom stereocenters. The maximum Gasteiger partial charge on any atom is 0.224 e. The Labute approximate surface area is 185 Å². The summed E-state index contributed by atoms with van der Waals surface area (Å²) in [6, 6.07) is 12.1. The van der Waals surface area contributed by atoms with Crippen LogP contribution in [0.3, 0.4) is 0 Å². The number of amides is 1. The van der Waals surface area contributed by atoms with Crippen LogP contribution in [0.5, 0.6) is 0 Å². The highest BCUT2D eigenvalue weighted by molar-refractivity contribution is 5.98. The fourth-order valence-electron chi connectivity index (χ4n) is 3.85. The van der Waals surface area contributed by atoms with Crippen molar-refractivity contribution in [2.75, 3.05) is 5.32 Å². The highest BCUT2D eigenvalue weighted by Crippen LogP contribution is 2.32. The molecule has 0 saturated heterocycles. The molecule has 160 valence electrons. The minimum Gasteiger partial charge on any atom is -0.353 e. The fraction of sp³-hybridized carbons (Fsp3) is 0.200. The summed E-state index contributed by atoms with van der Waals surface area (Å²) in [5, 5.41) is 12.7. The number of anilines is 1. The molecule has 32 heavy (non-hydrogen) atoms. The topological polar surface area (TPSA) is 99.3 Å². The van der Waals surface area contributed by atoms with Crippen molar-refractivity contribution in [3.05, 3.63) is 61.2 Å². The molecule has 7 heteroatoms. The normalized spacial score (nSPS) is 11.8. The van der Waals surface area contributed by atoms with Crippen molar-refractivity contribution in [1.29, 1.82) is 0 Å². The number of fused-ring (bicyclic) bond motifs is 2. The maximum atomic E-state index is 12.3. The zero-order chi connectivity index (χ0) is 22.3. The number of nitrogens with one attached hydrogen (secondary N) is 3. The summed E-state index contributed by atoms with van der Waals surface area (Å²) < 4.78 is 0. The lowest BCUT2D eigenvalue weighted by molar-refractivity contribution is -0.117. The summed E-state index contributed by atoms with van der Waals surface area (Å²) in [5.41, 5.74) is 6.28. The molecule has 0 aliphatic rings. The standard InChI is InChI=1S/C25H24N6O/c1-25(2,3)11-23(32)28-18-8-16(12-27-14-18)15-4-5-21-19(9-15)24(31-30-21)22-10-17-13-26-7-6-20(17)29-22/h4-10,12-14,29H,11H2,1-3H3,(H,28,32)(H,30,31). The van der Waals surface area contributed by atoms with Gasteiger partial charge in [-0.15, -0.1) is 0 Å². The van der Waals surface area contributed by atoms with E-state index in [2.05, 4.69) is 42.6 Å². The number of nitrogens with zero attached hydrogens (tertiary/aromatic N) is 3. The first kappa shape index (κ1) is 19.9. The monoisotopic (exact) mass is 424 g/mol. The van der Waals surface area contributed by atoms with E-state index in [4.69, 9.17) is 0 Å². The van der Waals surface area contributed by atoms with E-state index in [1.165, 1.54) is 0 Å². The Balaban J connectivity index is 1.49. The molecule has 1 aromatic carbocycles. The second kappa shape index (κ2) is 7.60. The molecule has 0 fully saturated rings. The van der Waals surface area contributed by atoms with Crippen LogP contribution in [0.15, 0.2) is 61.2 Å². The van der Waals surface area contributed by atoms with Crippen LogP contribution >= 0.6 is 0 Å². The van der Waals surface area contributed by atoms with Gasteiger partial charge in [0.25, 0.3) is 0 Å². The Morgan fingerprint density at radius 2 is 1.84 bits per heavy atom. The molecule has 0 spiro atoms. The van der Waals surface area contributed by atoms with E-state index in [1.54, 1.807) is 18.6 Å². The highest BCUT2D eigenvalue weighted by atomic mass is 16.1. The van der Waals surface area contributed by atoms with Crippen molar-refractivity contribution in [3.8, 4) is 22.5 Å². The van der Waals surface area contributed by atoms with Crippen LogP contribution in [-0.2, 0) is 4.79 Å². The number of hydrogen-bond donors (Lipinski definition) is 3. The third kappa shape index (κ3) is 3.97. The van der Waals surface area contributed by atoms with Crippen molar-refractivity contribution in [2.24, 2.45) is 5.41 Å². The number of carbonyl (C=O) groups excluding carboxylic acids is 1. The quantitative estimate of drug-likeness (QED) is 0.352. The van der Waals surface area contributed by atoms with Crippen molar-refractivity contribution < 1.29 is 4.79 Å². The van der Waals surface area contributed by atoms with Gasteiger partial charge in [0.05, 0.1) is 23.1 Å². The molecule has 0 unspecified atom stereocenters. The number of hydrogen-bond acceptors (Lipinski definition) is 4. The van der Waals surface area contributed by atoms with E-state index in [-0.39, 0.29) is 11.3 Å². The summed E-state index contributed by atoms with van der Waals surface area (Å²) >= 11 is 0. The molecular formula is C25H24N6O. The third-order valence-corrected chi connectivity index (χ3v) is 5.29. The Kier molecular flexibility index (Phi) is 4.74.